The maximum Gasteiger partial charge on any atom is 0.407 e. The van der Waals surface area contributed by atoms with Crippen LogP contribution in [-0.4, -0.2) is 29.8 Å². The lowest BCUT2D eigenvalue weighted by Crippen LogP contribution is -2.32. The van der Waals surface area contributed by atoms with E-state index in [2.05, 4.69) is 39.9 Å². The van der Waals surface area contributed by atoms with E-state index in [1.165, 1.54) is 16.5 Å². The van der Waals surface area contributed by atoms with Gasteiger partial charge in [0, 0.05) is 31.3 Å². The average molecular weight is 315 g/mol. The first-order valence-corrected chi connectivity index (χ1v) is 7.83. The molecular formula is C18H25N3O2. The molecule has 23 heavy (non-hydrogen) atoms. The molecule has 5 nitrogen and oxygen atoms in total. The van der Waals surface area contributed by atoms with Gasteiger partial charge in [0.15, 0.2) is 0 Å². The summed E-state index contributed by atoms with van der Waals surface area (Å²) in [5.41, 5.74) is 1.96. The van der Waals surface area contributed by atoms with Crippen LogP contribution in [0, 0.1) is 0 Å². The van der Waals surface area contributed by atoms with Gasteiger partial charge in [0.1, 0.15) is 5.60 Å². The summed E-state index contributed by atoms with van der Waals surface area (Å²) in [6, 6.07) is 8.34. The van der Waals surface area contributed by atoms with E-state index >= 15 is 0 Å². The minimum absolute atomic E-state index is 0.395. The fourth-order valence-corrected chi connectivity index (χ4v) is 2.21. The highest BCUT2D eigenvalue weighted by Gasteiger charge is 2.14. The average Bonchev–Trinajstić information content (AvgIpc) is 2.93. The van der Waals surface area contributed by atoms with Crippen LogP contribution in [0.1, 0.15) is 26.3 Å². The molecule has 5 heteroatoms. The van der Waals surface area contributed by atoms with Crippen molar-refractivity contribution in [2.24, 2.45) is 0 Å². The summed E-state index contributed by atoms with van der Waals surface area (Å²) < 4.78 is 5.15. The summed E-state index contributed by atoms with van der Waals surface area (Å²) in [6.45, 7) is 7.53. The molecule has 1 aromatic heterocycles. The number of alkyl carbamates (subject to hydrolysis) is 1. The monoisotopic (exact) mass is 315 g/mol. The standard InChI is InChI=1S/C18H25N3O2/c1-18(2,3)23-17(22)21-11-5-4-10-19-13-15-8-6-7-14-9-12-20-16(14)15/h4-9,12,19-20H,10-11,13H2,1-3H3,(H,21,22)/b5-4+. The van der Waals surface area contributed by atoms with E-state index in [-0.39, 0.29) is 0 Å². The number of hydrogen-bond donors (Lipinski definition) is 3. The third kappa shape index (κ3) is 5.79. The highest BCUT2D eigenvalue weighted by Crippen LogP contribution is 2.16. The van der Waals surface area contributed by atoms with Crippen molar-refractivity contribution < 1.29 is 9.53 Å². The number of H-pyrrole nitrogens is 1. The Morgan fingerprint density at radius 1 is 1.22 bits per heavy atom. The zero-order valence-corrected chi connectivity index (χ0v) is 14.0. The molecule has 2 rings (SSSR count). The number of fused-ring (bicyclic) bond motifs is 1. The molecule has 0 aliphatic carbocycles. The summed E-state index contributed by atoms with van der Waals surface area (Å²) in [4.78, 5) is 14.7. The molecule has 0 spiro atoms. The molecule has 0 aliphatic rings. The van der Waals surface area contributed by atoms with E-state index in [1.807, 2.05) is 39.1 Å². The molecule has 1 heterocycles. The summed E-state index contributed by atoms with van der Waals surface area (Å²) in [7, 11) is 0. The number of hydrogen-bond acceptors (Lipinski definition) is 3. The molecule has 0 saturated carbocycles. The predicted molar refractivity (Wildman–Crippen MR) is 93.4 cm³/mol. The Labute approximate surface area is 137 Å². The van der Waals surface area contributed by atoms with Gasteiger partial charge in [-0.25, -0.2) is 4.79 Å². The van der Waals surface area contributed by atoms with Gasteiger partial charge in [-0.1, -0.05) is 30.4 Å². The molecule has 0 aliphatic heterocycles. The van der Waals surface area contributed by atoms with E-state index in [4.69, 9.17) is 4.74 Å². The molecule has 3 N–H and O–H groups in total. The van der Waals surface area contributed by atoms with E-state index in [1.54, 1.807) is 0 Å². The first kappa shape index (κ1) is 17.1. The second-order valence-electron chi connectivity index (χ2n) is 6.34. The second-order valence-corrected chi connectivity index (χ2v) is 6.34. The highest BCUT2D eigenvalue weighted by molar-refractivity contribution is 5.82. The number of aromatic nitrogens is 1. The molecule has 1 aromatic carbocycles. The molecule has 0 saturated heterocycles. The molecule has 0 fully saturated rings. The zero-order chi connectivity index (χ0) is 16.7. The quantitative estimate of drug-likeness (QED) is 0.566. The van der Waals surface area contributed by atoms with Crippen molar-refractivity contribution in [2.45, 2.75) is 32.9 Å². The van der Waals surface area contributed by atoms with Gasteiger partial charge in [0.2, 0.25) is 0 Å². The van der Waals surface area contributed by atoms with Crippen LogP contribution in [0.25, 0.3) is 10.9 Å². The maximum absolute atomic E-state index is 11.4. The Hall–Kier alpha value is -2.27. The summed E-state index contributed by atoms with van der Waals surface area (Å²) >= 11 is 0. The summed E-state index contributed by atoms with van der Waals surface area (Å²) in [5, 5.41) is 7.27. The van der Waals surface area contributed by atoms with Gasteiger partial charge in [0.25, 0.3) is 0 Å². The van der Waals surface area contributed by atoms with Crippen molar-refractivity contribution in [3.05, 3.63) is 48.2 Å². The van der Waals surface area contributed by atoms with E-state index in [9.17, 15) is 4.79 Å². The molecule has 1 amide bonds. The zero-order valence-electron chi connectivity index (χ0n) is 14.0. The van der Waals surface area contributed by atoms with Crippen LogP contribution in [0.4, 0.5) is 4.79 Å². The van der Waals surface area contributed by atoms with Crippen LogP contribution in [-0.2, 0) is 11.3 Å². The number of amides is 1. The fourth-order valence-electron chi connectivity index (χ4n) is 2.21. The van der Waals surface area contributed by atoms with Gasteiger partial charge in [-0.15, -0.1) is 0 Å². The normalized spacial score (nSPS) is 12.0. The Morgan fingerprint density at radius 3 is 2.78 bits per heavy atom. The number of para-hydroxylation sites is 1. The lowest BCUT2D eigenvalue weighted by molar-refractivity contribution is 0.0534. The fraction of sp³-hybridized carbons (Fsp3) is 0.389. The van der Waals surface area contributed by atoms with Crippen LogP contribution in [0.2, 0.25) is 0 Å². The Balaban J connectivity index is 1.66. The summed E-state index contributed by atoms with van der Waals surface area (Å²) in [6.07, 6.45) is 5.46. The molecule has 2 aromatic rings. The Bertz CT molecular complexity index is 668. The second kappa shape index (κ2) is 7.83. The van der Waals surface area contributed by atoms with Gasteiger partial charge in [-0.3, -0.25) is 0 Å². The van der Waals surface area contributed by atoms with Crippen molar-refractivity contribution in [2.75, 3.05) is 13.1 Å². The van der Waals surface area contributed by atoms with E-state index in [0.717, 1.165) is 13.1 Å². The molecular weight excluding hydrogens is 290 g/mol. The van der Waals surface area contributed by atoms with Crippen molar-refractivity contribution in [3.8, 4) is 0 Å². The molecule has 0 atom stereocenters. The van der Waals surface area contributed by atoms with Crippen LogP contribution in [0.5, 0.6) is 0 Å². The van der Waals surface area contributed by atoms with Gasteiger partial charge < -0.3 is 20.4 Å². The van der Waals surface area contributed by atoms with Gasteiger partial charge in [0.05, 0.1) is 0 Å². The van der Waals surface area contributed by atoms with Crippen molar-refractivity contribution >= 4 is 17.0 Å². The van der Waals surface area contributed by atoms with Gasteiger partial charge >= 0.3 is 6.09 Å². The number of ether oxygens (including phenoxy) is 1. The first-order chi connectivity index (χ1) is 11.0. The molecule has 124 valence electrons. The number of aromatic amines is 1. The van der Waals surface area contributed by atoms with Crippen molar-refractivity contribution in [3.63, 3.8) is 0 Å². The van der Waals surface area contributed by atoms with Crippen molar-refractivity contribution in [1.29, 1.82) is 0 Å². The first-order valence-electron chi connectivity index (χ1n) is 7.83. The van der Waals surface area contributed by atoms with Crippen molar-refractivity contribution in [1.82, 2.24) is 15.6 Å². The lowest BCUT2D eigenvalue weighted by atomic mass is 10.1. The molecule has 0 bridgehead atoms. The number of carbonyl (C=O) groups excluding carboxylic acids is 1. The minimum atomic E-state index is -0.464. The van der Waals surface area contributed by atoms with Crippen LogP contribution >= 0.6 is 0 Å². The van der Waals surface area contributed by atoms with Gasteiger partial charge in [-0.2, -0.15) is 0 Å². The van der Waals surface area contributed by atoms with E-state index in [0.29, 0.717) is 6.54 Å². The SMILES string of the molecule is CC(C)(C)OC(=O)NC/C=C/CNCc1cccc2cc[nH]c12. The minimum Gasteiger partial charge on any atom is -0.444 e. The van der Waals surface area contributed by atoms with Crippen LogP contribution in [0.15, 0.2) is 42.6 Å². The number of carbonyl (C=O) groups is 1. The van der Waals surface area contributed by atoms with Crippen LogP contribution < -0.4 is 10.6 Å². The van der Waals surface area contributed by atoms with Gasteiger partial charge in [-0.05, 0) is 37.8 Å². The predicted octanol–water partition coefficient (Wildman–Crippen LogP) is 3.34. The number of benzene rings is 1. The third-order valence-electron chi connectivity index (χ3n) is 3.18. The topological polar surface area (TPSA) is 66.2 Å². The third-order valence-corrected chi connectivity index (χ3v) is 3.18. The summed E-state index contributed by atoms with van der Waals surface area (Å²) in [5.74, 6) is 0. The Morgan fingerprint density at radius 2 is 2.00 bits per heavy atom. The number of nitrogens with one attached hydrogen (secondary N) is 3. The lowest BCUT2D eigenvalue weighted by Gasteiger charge is -2.19. The maximum atomic E-state index is 11.4. The molecule has 0 unspecified atom stereocenters. The largest absolute Gasteiger partial charge is 0.444 e. The number of rotatable bonds is 6. The highest BCUT2D eigenvalue weighted by atomic mass is 16.6. The smallest absolute Gasteiger partial charge is 0.407 e. The van der Waals surface area contributed by atoms with Crippen LogP contribution in [0.3, 0.4) is 0 Å². The van der Waals surface area contributed by atoms with E-state index < -0.39 is 11.7 Å². The Kier molecular flexibility index (Phi) is 5.82. The molecule has 0 radical (unpaired) electrons.